The largest absolute Gasteiger partial charge is 0.481 e. The normalized spacial score (nSPS) is 22.0. The number of rotatable bonds is 5. The van der Waals surface area contributed by atoms with Gasteiger partial charge in [0, 0.05) is 25.3 Å². The molecule has 0 bridgehead atoms. The Morgan fingerprint density at radius 3 is 2.71 bits per heavy atom. The molecule has 5 heteroatoms. The van der Waals surface area contributed by atoms with Crippen LogP contribution in [0, 0.1) is 5.41 Å². The molecule has 1 aliphatic rings. The van der Waals surface area contributed by atoms with Crippen LogP contribution in [-0.4, -0.2) is 39.5 Å². The Kier molecular flexibility index (Phi) is 4.40. The summed E-state index contributed by atoms with van der Waals surface area (Å²) in [6, 6.07) is 3.88. The highest BCUT2D eigenvalue weighted by molar-refractivity contribution is 5.93. The zero-order valence-corrected chi connectivity index (χ0v) is 13.0. The van der Waals surface area contributed by atoms with E-state index < -0.39 is 11.4 Å². The lowest BCUT2D eigenvalue weighted by atomic mass is 9.83. The number of hydrogen-bond donors (Lipinski definition) is 1. The fourth-order valence-electron chi connectivity index (χ4n) is 3.20. The number of aromatic nitrogens is 1. The first-order valence-corrected chi connectivity index (χ1v) is 7.61. The van der Waals surface area contributed by atoms with E-state index >= 15 is 0 Å². The van der Waals surface area contributed by atoms with Crippen LogP contribution in [0.1, 0.15) is 56.6 Å². The highest BCUT2D eigenvalue weighted by atomic mass is 16.4. The fourth-order valence-corrected chi connectivity index (χ4v) is 3.20. The Balaban J connectivity index is 2.19. The predicted molar refractivity (Wildman–Crippen MR) is 80.3 cm³/mol. The molecule has 1 aromatic heterocycles. The van der Waals surface area contributed by atoms with Crippen molar-refractivity contribution in [3.8, 4) is 0 Å². The van der Waals surface area contributed by atoms with E-state index in [1.165, 1.54) is 0 Å². The molecule has 5 nitrogen and oxygen atoms in total. The van der Waals surface area contributed by atoms with Crippen LogP contribution in [0.4, 0.5) is 0 Å². The molecular formula is C16H24N2O3. The van der Waals surface area contributed by atoms with Crippen molar-refractivity contribution in [2.75, 3.05) is 13.1 Å². The highest BCUT2D eigenvalue weighted by Crippen LogP contribution is 2.36. The molecule has 1 unspecified atom stereocenters. The van der Waals surface area contributed by atoms with Crippen molar-refractivity contribution in [1.82, 2.24) is 9.47 Å². The summed E-state index contributed by atoms with van der Waals surface area (Å²) in [6.07, 6.45) is 3.88. The lowest BCUT2D eigenvalue weighted by Crippen LogP contribution is -2.37. The van der Waals surface area contributed by atoms with Crippen LogP contribution >= 0.6 is 0 Å². The van der Waals surface area contributed by atoms with Crippen molar-refractivity contribution in [3.05, 3.63) is 24.0 Å². The second kappa shape index (κ2) is 5.92. The number of aliphatic carboxylic acids is 1. The monoisotopic (exact) mass is 292 g/mol. The minimum atomic E-state index is -0.779. The first-order valence-electron chi connectivity index (χ1n) is 7.61. The Morgan fingerprint density at radius 1 is 1.43 bits per heavy atom. The van der Waals surface area contributed by atoms with Crippen LogP contribution in [0.5, 0.6) is 0 Å². The van der Waals surface area contributed by atoms with E-state index in [0.29, 0.717) is 31.6 Å². The van der Waals surface area contributed by atoms with Gasteiger partial charge >= 0.3 is 5.97 Å². The standard InChI is InChI=1S/C16H24N2O3/c1-4-7-16(15(20)21)8-10-17(11-16)14(19)13-6-5-9-18(13)12(2)3/h5-6,9,12H,4,7-8,10-11H2,1-3H3,(H,20,21). The Labute approximate surface area is 125 Å². The maximum absolute atomic E-state index is 12.7. The summed E-state index contributed by atoms with van der Waals surface area (Å²) in [5.41, 5.74) is -0.123. The average Bonchev–Trinajstić information content (AvgIpc) is 3.05. The SMILES string of the molecule is CCCC1(C(=O)O)CCN(C(=O)c2cccn2C(C)C)C1. The maximum atomic E-state index is 12.7. The maximum Gasteiger partial charge on any atom is 0.311 e. The molecule has 1 atom stereocenters. The van der Waals surface area contributed by atoms with Crippen LogP contribution in [0.25, 0.3) is 0 Å². The number of carboxylic acids is 1. The van der Waals surface area contributed by atoms with E-state index in [4.69, 9.17) is 0 Å². The molecular weight excluding hydrogens is 268 g/mol. The molecule has 1 amide bonds. The predicted octanol–water partition coefficient (Wildman–Crippen LogP) is 2.79. The fraction of sp³-hybridized carbons (Fsp3) is 0.625. The molecule has 1 saturated heterocycles. The third-order valence-corrected chi connectivity index (χ3v) is 4.38. The summed E-state index contributed by atoms with van der Waals surface area (Å²) in [7, 11) is 0. The van der Waals surface area contributed by atoms with Crippen molar-refractivity contribution in [1.29, 1.82) is 0 Å². The molecule has 0 spiro atoms. The quantitative estimate of drug-likeness (QED) is 0.907. The van der Waals surface area contributed by atoms with E-state index in [9.17, 15) is 14.7 Å². The molecule has 2 rings (SSSR count). The van der Waals surface area contributed by atoms with Gasteiger partial charge < -0.3 is 14.6 Å². The Morgan fingerprint density at radius 2 is 2.14 bits per heavy atom. The number of nitrogens with zero attached hydrogens (tertiary/aromatic N) is 2. The Hall–Kier alpha value is -1.78. The summed E-state index contributed by atoms with van der Waals surface area (Å²) in [5, 5.41) is 9.52. The van der Waals surface area contributed by atoms with Crippen molar-refractivity contribution >= 4 is 11.9 Å². The van der Waals surface area contributed by atoms with Gasteiger partial charge in [0.2, 0.25) is 0 Å². The van der Waals surface area contributed by atoms with Crippen molar-refractivity contribution in [3.63, 3.8) is 0 Å². The molecule has 0 aliphatic carbocycles. The zero-order chi connectivity index (χ0) is 15.6. The summed E-state index contributed by atoms with van der Waals surface area (Å²) in [6.45, 7) is 6.88. The molecule has 0 aromatic carbocycles. The summed E-state index contributed by atoms with van der Waals surface area (Å²) < 4.78 is 1.93. The third kappa shape index (κ3) is 2.82. The van der Waals surface area contributed by atoms with Gasteiger partial charge in [-0.25, -0.2) is 0 Å². The highest BCUT2D eigenvalue weighted by Gasteiger charge is 2.45. The topological polar surface area (TPSA) is 62.5 Å². The van der Waals surface area contributed by atoms with E-state index in [-0.39, 0.29) is 11.9 Å². The molecule has 0 radical (unpaired) electrons. The number of carbonyl (C=O) groups is 2. The minimum Gasteiger partial charge on any atom is -0.481 e. The molecule has 1 N–H and O–H groups in total. The molecule has 0 saturated carbocycles. The zero-order valence-electron chi connectivity index (χ0n) is 13.0. The van der Waals surface area contributed by atoms with Crippen LogP contribution in [0.2, 0.25) is 0 Å². The first-order chi connectivity index (χ1) is 9.91. The van der Waals surface area contributed by atoms with Gasteiger partial charge in [0.05, 0.1) is 5.41 Å². The summed E-state index contributed by atoms with van der Waals surface area (Å²) in [4.78, 5) is 26.0. The molecule has 21 heavy (non-hydrogen) atoms. The third-order valence-electron chi connectivity index (χ3n) is 4.38. The van der Waals surface area contributed by atoms with Crippen LogP contribution in [0.15, 0.2) is 18.3 Å². The van der Waals surface area contributed by atoms with Crippen molar-refractivity contribution in [2.24, 2.45) is 5.41 Å². The minimum absolute atomic E-state index is 0.0621. The van der Waals surface area contributed by atoms with E-state index in [0.717, 1.165) is 6.42 Å². The second-order valence-corrected chi connectivity index (χ2v) is 6.21. The molecule has 2 heterocycles. The van der Waals surface area contributed by atoms with Gasteiger partial charge in [-0.3, -0.25) is 9.59 Å². The smallest absolute Gasteiger partial charge is 0.311 e. The molecule has 1 aromatic rings. The second-order valence-electron chi connectivity index (χ2n) is 6.21. The van der Waals surface area contributed by atoms with Gasteiger partial charge in [-0.2, -0.15) is 0 Å². The first kappa shape index (κ1) is 15.6. The summed E-state index contributed by atoms with van der Waals surface area (Å²) >= 11 is 0. The van der Waals surface area contributed by atoms with Crippen LogP contribution in [0.3, 0.4) is 0 Å². The van der Waals surface area contributed by atoms with Gasteiger partial charge in [-0.05, 0) is 38.8 Å². The van der Waals surface area contributed by atoms with E-state index in [1.807, 2.05) is 43.7 Å². The van der Waals surface area contributed by atoms with Crippen LogP contribution < -0.4 is 0 Å². The average molecular weight is 292 g/mol. The van der Waals surface area contributed by atoms with Crippen molar-refractivity contribution in [2.45, 2.75) is 46.1 Å². The lowest BCUT2D eigenvalue weighted by molar-refractivity contribution is -0.148. The lowest BCUT2D eigenvalue weighted by Gasteiger charge is -2.24. The van der Waals surface area contributed by atoms with Crippen LogP contribution in [-0.2, 0) is 4.79 Å². The molecule has 116 valence electrons. The van der Waals surface area contributed by atoms with Gasteiger partial charge in [0.1, 0.15) is 5.69 Å². The Bertz CT molecular complexity index is 535. The number of amides is 1. The van der Waals surface area contributed by atoms with E-state index in [2.05, 4.69) is 0 Å². The number of carboxylic acid groups (broad SMARTS) is 1. The van der Waals surface area contributed by atoms with Gasteiger partial charge in [-0.1, -0.05) is 13.3 Å². The number of carbonyl (C=O) groups excluding carboxylic acids is 1. The van der Waals surface area contributed by atoms with E-state index in [1.54, 1.807) is 4.90 Å². The molecule has 1 fully saturated rings. The van der Waals surface area contributed by atoms with Crippen molar-refractivity contribution < 1.29 is 14.7 Å². The number of hydrogen-bond acceptors (Lipinski definition) is 2. The van der Waals surface area contributed by atoms with Gasteiger partial charge in [0.25, 0.3) is 5.91 Å². The van der Waals surface area contributed by atoms with Gasteiger partial charge in [-0.15, -0.1) is 0 Å². The number of likely N-dealkylation sites (tertiary alicyclic amines) is 1. The molecule has 1 aliphatic heterocycles. The summed E-state index contributed by atoms with van der Waals surface area (Å²) in [5.74, 6) is -0.841. The van der Waals surface area contributed by atoms with Gasteiger partial charge in [0.15, 0.2) is 0 Å².